The fourth-order valence-electron chi connectivity index (χ4n) is 3.23. The van der Waals surface area contributed by atoms with Crippen molar-refractivity contribution >= 4 is 5.91 Å². The average molecular weight is 281 g/mol. The molecule has 1 saturated heterocycles. The molecule has 1 amide bonds. The third-order valence-electron chi connectivity index (χ3n) is 4.29. The molecule has 2 fully saturated rings. The largest absolute Gasteiger partial charge is 0.384 e. The third-order valence-corrected chi connectivity index (χ3v) is 4.29. The Morgan fingerprint density at radius 1 is 1.50 bits per heavy atom. The normalized spacial score (nSPS) is 31.7. The van der Waals surface area contributed by atoms with E-state index in [0.717, 1.165) is 13.0 Å². The van der Waals surface area contributed by atoms with Crippen LogP contribution in [0.4, 0.5) is 0 Å². The minimum atomic E-state index is -0.0553. The average Bonchev–Trinajstić information content (AvgIpc) is 3.01. The van der Waals surface area contributed by atoms with Gasteiger partial charge in [-0.1, -0.05) is 10.3 Å². The minimum Gasteiger partial charge on any atom is -0.384 e. The first-order valence-electron chi connectivity index (χ1n) is 6.88. The molecule has 0 aromatic carbocycles. The number of amides is 1. The maximum absolute atomic E-state index is 12.1. The summed E-state index contributed by atoms with van der Waals surface area (Å²) in [6, 6.07) is 0.134. The van der Waals surface area contributed by atoms with Gasteiger partial charge in [0, 0.05) is 31.6 Å². The van der Waals surface area contributed by atoms with E-state index in [4.69, 9.17) is 9.47 Å². The van der Waals surface area contributed by atoms with E-state index < -0.39 is 0 Å². The van der Waals surface area contributed by atoms with Crippen molar-refractivity contribution in [1.82, 2.24) is 15.6 Å². The minimum absolute atomic E-state index is 0.0553. The lowest BCUT2D eigenvalue weighted by atomic mass is 9.67. The smallest absolute Gasteiger partial charge is 0.226 e. The number of rotatable bonds is 5. The molecule has 4 atom stereocenters. The lowest BCUT2D eigenvalue weighted by Crippen LogP contribution is -2.63. The van der Waals surface area contributed by atoms with Crippen LogP contribution in [0.1, 0.15) is 17.8 Å². The van der Waals surface area contributed by atoms with E-state index in [1.807, 2.05) is 0 Å². The fraction of sp³-hybridized carbons (Fsp3) is 0.769. The molecule has 2 aliphatic rings. The molecule has 1 saturated carbocycles. The monoisotopic (exact) mass is 281 g/mol. The molecule has 1 aliphatic carbocycles. The first-order valence-corrected chi connectivity index (χ1v) is 6.88. The van der Waals surface area contributed by atoms with Gasteiger partial charge in [-0.2, -0.15) is 0 Å². The molecule has 0 unspecified atom stereocenters. The third kappa shape index (κ3) is 2.31. The Morgan fingerprint density at radius 3 is 3.05 bits per heavy atom. The molecule has 7 heteroatoms. The van der Waals surface area contributed by atoms with Gasteiger partial charge in [0.15, 0.2) is 0 Å². The van der Waals surface area contributed by atoms with Crippen molar-refractivity contribution in [2.24, 2.45) is 11.8 Å². The summed E-state index contributed by atoms with van der Waals surface area (Å²) in [5.74, 6) is 0.601. The Balaban J connectivity index is 1.59. The van der Waals surface area contributed by atoms with Crippen LogP contribution in [0.2, 0.25) is 0 Å². The van der Waals surface area contributed by atoms with E-state index in [-0.39, 0.29) is 30.4 Å². The maximum Gasteiger partial charge on any atom is 0.226 e. The summed E-state index contributed by atoms with van der Waals surface area (Å²) in [5.41, 5.74) is 1.24. The molecule has 0 spiro atoms. The maximum atomic E-state index is 12.1. The van der Waals surface area contributed by atoms with Gasteiger partial charge < -0.3 is 14.8 Å². The number of nitrogens with one attached hydrogen (secondary N) is 1. The van der Waals surface area contributed by atoms with Crippen LogP contribution in [0.5, 0.6) is 0 Å². The van der Waals surface area contributed by atoms with Crippen LogP contribution in [-0.4, -0.2) is 48.7 Å². The summed E-state index contributed by atoms with van der Waals surface area (Å²) in [6.07, 6.45) is 1.43. The van der Waals surface area contributed by atoms with E-state index in [1.54, 1.807) is 14.0 Å². The Kier molecular flexibility index (Phi) is 3.71. The van der Waals surface area contributed by atoms with E-state index in [0.29, 0.717) is 23.9 Å². The number of nitrogens with zero attached hydrogens (tertiary/aromatic N) is 2. The molecular formula is C13H19N3O4. The van der Waals surface area contributed by atoms with Gasteiger partial charge >= 0.3 is 0 Å². The first-order chi connectivity index (χ1) is 9.70. The second-order valence-corrected chi connectivity index (χ2v) is 5.47. The summed E-state index contributed by atoms with van der Waals surface area (Å²) < 4.78 is 15.5. The number of carbonyl (C=O) groups is 1. The number of hydrogen-bond acceptors (Lipinski definition) is 6. The van der Waals surface area contributed by atoms with Crippen molar-refractivity contribution in [2.45, 2.75) is 31.9 Å². The SMILES string of the molecule is COC[C@@H]1[C@@H](NC(=O)Cc2nonc2C)[C@@H]2CCO[C@H]12. The highest BCUT2D eigenvalue weighted by Gasteiger charge is 2.54. The van der Waals surface area contributed by atoms with Crippen LogP contribution in [0.3, 0.4) is 0 Å². The second kappa shape index (κ2) is 5.49. The molecule has 3 rings (SSSR count). The Hall–Kier alpha value is -1.47. The van der Waals surface area contributed by atoms with Crippen LogP contribution >= 0.6 is 0 Å². The van der Waals surface area contributed by atoms with Crippen molar-refractivity contribution < 1.29 is 18.9 Å². The summed E-state index contributed by atoms with van der Waals surface area (Å²) in [5, 5.41) is 10.5. The highest BCUT2D eigenvalue weighted by atomic mass is 16.6. The zero-order chi connectivity index (χ0) is 14.1. The summed E-state index contributed by atoms with van der Waals surface area (Å²) in [7, 11) is 1.67. The van der Waals surface area contributed by atoms with Gasteiger partial charge in [0.2, 0.25) is 5.91 Å². The predicted molar refractivity (Wildman–Crippen MR) is 67.9 cm³/mol. The van der Waals surface area contributed by atoms with Crippen molar-refractivity contribution in [2.75, 3.05) is 20.3 Å². The van der Waals surface area contributed by atoms with E-state index in [1.165, 1.54) is 0 Å². The van der Waals surface area contributed by atoms with Crippen LogP contribution in [0, 0.1) is 18.8 Å². The number of methoxy groups -OCH3 is 1. The zero-order valence-corrected chi connectivity index (χ0v) is 11.7. The number of carbonyl (C=O) groups excluding carboxylic acids is 1. The van der Waals surface area contributed by atoms with Gasteiger partial charge in [0.25, 0.3) is 0 Å². The predicted octanol–water partition coefficient (Wildman–Crippen LogP) is 0.0866. The molecule has 0 radical (unpaired) electrons. The standard InChI is InChI=1S/C13H19N3O4/c1-7-10(16-20-15-7)5-11(17)14-12-8-3-4-19-13(8)9(12)6-18-2/h8-9,12-13H,3-6H2,1-2H3,(H,14,17)/t8-,9+,12-,13-/m0/s1. The fourth-order valence-corrected chi connectivity index (χ4v) is 3.23. The summed E-state index contributed by atoms with van der Waals surface area (Å²) in [4.78, 5) is 12.1. The van der Waals surface area contributed by atoms with E-state index in [2.05, 4.69) is 20.3 Å². The first kappa shape index (κ1) is 13.5. The molecule has 1 aromatic heterocycles. The van der Waals surface area contributed by atoms with Gasteiger partial charge in [-0.25, -0.2) is 4.63 Å². The lowest BCUT2D eigenvalue weighted by Gasteiger charge is -2.47. The lowest BCUT2D eigenvalue weighted by molar-refractivity contribution is -0.129. The molecule has 2 heterocycles. The van der Waals surface area contributed by atoms with Crippen molar-refractivity contribution in [1.29, 1.82) is 0 Å². The van der Waals surface area contributed by atoms with Crippen molar-refractivity contribution in [3.63, 3.8) is 0 Å². The Morgan fingerprint density at radius 2 is 2.35 bits per heavy atom. The number of hydrogen-bond donors (Lipinski definition) is 1. The van der Waals surface area contributed by atoms with Crippen LogP contribution < -0.4 is 5.32 Å². The van der Waals surface area contributed by atoms with Gasteiger partial charge in [-0.05, 0) is 13.3 Å². The summed E-state index contributed by atoms with van der Waals surface area (Å²) >= 11 is 0. The van der Waals surface area contributed by atoms with Gasteiger partial charge in [0.05, 0.1) is 19.1 Å². The van der Waals surface area contributed by atoms with Gasteiger partial charge in [0.1, 0.15) is 11.4 Å². The molecule has 1 N–H and O–H groups in total. The number of fused-ring (bicyclic) bond motifs is 1. The topological polar surface area (TPSA) is 86.5 Å². The van der Waals surface area contributed by atoms with Gasteiger partial charge in [-0.3, -0.25) is 4.79 Å². The Bertz CT molecular complexity index is 490. The number of ether oxygens (including phenoxy) is 2. The second-order valence-electron chi connectivity index (χ2n) is 5.47. The molecule has 1 aliphatic heterocycles. The highest BCUT2D eigenvalue weighted by Crippen LogP contribution is 2.43. The van der Waals surface area contributed by atoms with Crippen LogP contribution in [0.15, 0.2) is 4.63 Å². The molecule has 7 nitrogen and oxygen atoms in total. The van der Waals surface area contributed by atoms with Crippen molar-refractivity contribution in [3.8, 4) is 0 Å². The Labute approximate surface area is 117 Å². The molecule has 1 aromatic rings. The molecule has 0 bridgehead atoms. The van der Waals surface area contributed by atoms with Crippen molar-refractivity contribution in [3.05, 3.63) is 11.4 Å². The van der Waals surface area contributed by atoms with E-state index >= 15 is 0 Å². The highest BCUT2D eigenvalue weighted by molar-refractivity contribution is 5.78. The molecular weight excluding hydrogens is 262 g/mol. The van der Waals surface area contributed by atoms with Crippen LogP contribution in [0.25, 0.3) is 0 Å². The van der Waals surface area contributed by atoms with Crippen LogP contribution in [-0.2, 0) is 20.7 Å². The molecule has 110 valence electrons. The molecule has 20 heavy (non-hydrogen) atoms. The summed E-state index contributed by atoms with van der Waals surface area (Å²) in [6.45, 7) is 3.15. The van der Waals surface area contributed by atoms with E-state index in [9.17, 15) is 4.79 Å². The number of aryl methyl sites for hydroxylation is 1. The quantitative estimate of drug-likeness (QED) is 0.823. The van der Waals surface area contributed by atoms with Gasteiger partial charge in [-0.15, -0.1) is 0 Å². The number of aromatic nitrogens is 2. The zero-order valence-electron chi connectivity index (χ0n) is 11.7.